The van der Waals surface area contributed by atoms with Crippen LogP contribution in [0.3, 0.4) is 0 Å². The Morgan fingerprint density at radius 2 is 1.29 bits per heavy atom. The van der Waals surface area contributed by atoms with Crippen LogP contribution in [0.4, 0.5) is 16.3 Å². The summed E-state index contributed by atoms with van der Waals surface area (Å²) in [5.74, 6) is -1.30. The van der Waals surface area contributed by atoms with Crippen LogP contribution in [0.2, 0.25) is 0 Å². The predicted molar refractivity (Wildman–Crippen MR) is 162 cm³/mol. The Kier molecular flexibility index (Phi) is 8.95. The van der Waals surface area contributed by atoms with Gasteiger partial charge in [0.15, 0.2) is 0 Å². The molecule has 0 aliphatic rings. The van der Waals surface area contributed by atoms with Gasteiger partial charge in [-0.3, -0.25) is 14.3 Å². The summed E-state index contributed by atoms with van der Waals surface area (Å²) < 4.78 is 1.60. The highest BCUT2D eigenvalue weighted by Gasteiger charge is 2.38. The van der Waals surface area contributed by atoms with Gasteiger partial charge < -0.3 is 26.0 Å². The molecular weight excluding hydrogens is 532 g/mol. The molecule has 0 radical (unpaired) electrons. The van der Waals surface area contributed by atoms with Crippen molar-refractivity contribution in [2.75, 3.05) is 23.7 Å². The molecule has 10 heteroatoms. The van der Waals surface area contributed by atoms with Gasteiger partial charge in [-0.25, -0.2) is 4.79 Å². The van der Waals surface area contributed by atoms with Gasteiger partial charge in [0.1, 0.15) is 17.0 Å². The number of benzene rings is 3. The third kappa shape index (κ3) is 6.43. The van der Waals surface area contributed by atoms with Gasteiger partial charge in [-0.05, 0) is 37.5 Å². The largest absolute Gasteiger partial charge is 0.465 e. The summed E-state index contributed by atoms with van der Waals surface area (Å²) in [6, 6.07) is 29.9. The number of anilines is 2. The predicted octanol–water partition coefficient (Wildman–Crippen LogP) is 4.66. The lowest BCUT2D eigenvalue weighted by Gasteiger charge is -2.38. The molecule has 1 aromatic heterocycles. The molecule has 4 aromatic rings. The highest BCUT2D eigenvalue weighted by atomic mass is 16.4. The van der Waals surface area contributed by atoms with E-state index in [0.717, 1.165) is 16.7 Å². The second kappa shape index (κ2) is 12.6. The SMILES string of the molecule is Cn1ncc(NC(=O)C(=O)NCCN(C(=O)O)C(C)(C)C)c1NC(c1ccccc1)(c1ccccc1)c1ccccc1. The van der Waals surface area contributed by atoms with Gasteiger partial charge in [-0.15, -0.1) is 0 Å². The molecule has 0 aliphatic carbocycles. The minimum Gasteiger partial charge on any atom is -0.465 e. The molecule has 3 aromatic carbocycles. The first-order valence-electron chi connectivity index (χ1n) is 13.6. The average Bonchev–Trinajstić information content (AvgIpc) is 3.32. The zero-order valence-corrected chi connectivity index (χ0v) is 24.2. The molecule has 3 amide bonds. The lowest BCUT2D eigenvalue weighted by Crippen LogP contribution is -2.49. The van der Waals surface area contributed by atoms with Gasteiger partial charge in [0.25, 0.3) is 0 Å². The molecular formula is C32H36N6O4. The number of rotatable bonds is 9. The van der Waals surface area contributed by atoms with E-state index in [1.54, 1.807) is 32.5 Å². The maximum atomic E-state index is 12.9. The summed E-state index contributed by atoms with van der Waals surface area (Å²) in [5.41, 5.74) is 1.65. The monoisotopic (exact) mass is 568 g/mol. The number of nitrogens with one attached hydrogen (secondary N) is 3. The number of hydrogen-bond donors (Lipinski definition) is 4. The lowest BCUT2D eigenvalue weighted by atomic mass is 9.77. The Morgan fingerprint density at radius 3 is 1.71 bits per heavy atom. The molecule has 10 nitrogen and oxygen atoms in total. The quantitative estimate of drug-likeness (QED) is 0.172. The van der Waals surface area contributed by atoms with E-state index in [9.17, 15) is 19.5 Å². The zero-order valence-electron chi connectivity index (χ0n) is 24.2. The summed E-state index contributed by atoms with van der Waals surface area (Å²) in [7, 11) is 1.75. The van der Waals surface area contributed by atoms with Crippen molar-refractivity contribution in [3.63, 3.8) is 0 Å². The highest BCUT2D eigenvalue weighted by molar-refractivity contribution is 6.39. The molecule has 0 aliphatic heterocycles. The number of aromatic nitrogens is 2. The molecule has 0 saturated carbocycles. The smallest absolute Gasteiger partial charge is 0.407 e. The van der Waals surface area contributed by atoms with Crippen LogP contribution in [0.15, 0.2) is 97.2 Å². The summed E-state index contributed by atoms with van der Waals surface area (Å²) in [6.45, 7) is 5.28. The van der Waals surface area contributed by atoms with Crippen molar-refractivity contribution in [3.05, 3.63) is 114 Å². The lowest BCUT2D eigenvalue weighted by molar-refractivity contribution is -0.136. The Bertz CT molecular complexity index is 1420. The number of hydrogen-bond acceptors (Lipinski definition) is 5. The topological polar surface area (TPSA) is 129 Å². The normalized spacial score (nSPS) is 11.4. The number of aryl methyl sites for hydroxylation is 1. The van der Waals surface area contributed by atoms with Crippen molar-refractivity contribution in [3.8, 4) is 0 Å². The second-order valence-corrected chi connectivity index (χ2v) is 10.8. The van der Waals surface area contributed by atoms with E-state index in [0.29, 0.717) is 11.5 Å². The van der Waals surface area contributed by atoms with Crippen LogP contribution in [0.25, 0.3) is 0 Å². The molecule has 0 atom stereocenters. The van der Waals surface area contributed by atoms with Gasteiger partial charge in [0.05, 0.1) is 6.20 Å². The second-order valence-electron chi connectivity index (χ2n) is 10.8. The third-order valence-corrected chi connectivity index (χ3v) is 6.98. The van der Waals surface area contributed by atoms with Crippen molar-refractivity contribution in [1.82, 2.24) is 20.0 Å². The van der Waals surface area contributed by atoms with Crippen molar-refractivity contribution in [1.29, 1.82) is 0 Å². The molecule has 42 heavy (non-hydrogen) atoms. The van der Waals surface area contributed by atoms with Gasteiger partial charge in [0.2, 0.25) is 0 Å². The average molecular weight is 569 g/mol. The molecule has 4 rings (SSSR count). The molecule has 218 valence electrons. The van der Waals surface area contributed by atoms with Crippen LogP contribution in [-0.2, 0) is 22.2 Å². The molecule has 0 saturated heterocycles. The first-order chi connectivity index (χ1) is 20.0. The summed E-state index contributed by atoms with van der Waals surface area (Å²) >= 11 is 0. The first kappa shape index (κ1) is 29.9. The molecule has 0 fully saturated rings. The van der Waals surface area contributed by atoms with Crippen molar-refractivity contribution in [2.24, 2.45) is 7.05 Å². The van der Waals surface area contributed by atoms with Crippen molar-refractivity contribution >= 4 is 29.4 Å². The van der Waals surface area contributed by atoms with Crippen LogP contribution in [0, 0.1) is 0 Å². The van der Waals surface area contributed by atoms with Gasteiger partial charge in [-0.2, -0.15) is 5.10 Å². The summed E-state index contributed by atoms with van der Waals surface area (Å²) in [4.78, 5) is 38.4. The van der Waals surface area contributed by atoms with Crippen LogP contribution < -0.4 is 16.0 Å². The number of nitrogens with zero attached hydrogens (tertiary/aromatic N) is 3. The van der Waals surface area contributed by atoms with Crippen LogP contribution in [0.1, 0.15) is 37.5 Å². The molecule has 0 spiro atoms. The molecule has 1 heterocycles. The van der Waals surface area contributed by atoms with E-state index in [4.69, 9.17) is 0 Å². The number of carbonyl (C=O) groups excluding carboxylic acids is 2. The minimum atomic E-state index is -1.11. The van der Waals surface area contributed by atoms with Crippen LogP contribution in [-0.4, -0.2) is 56.3 Å². The van der Waals surface area contributed by atoms with Crippen LogP contribution >= 0.6 is 0 Å². The third-order valence-electron chi connectivity index (χ3n) is 6.98. The summed E-state index contributed by atoms with van der Waals surface area (Å²) in [6.07, 6.45) is 0.372. The van der Waals surface area contributed by atoms with E-state index in [2.05, 4.69) is 21.0 Å². The van der Waals surface area contributed by atoms with Gasteiger partial charge in [-0.1, -0.05) is 91.0 Å². The van der Waals surface area contributed by atoms with Crippen molar-refractivity contribution in [2.45, 2.75) is 31.8 Å². The van der Waals surface area contributed by atoms with Crippen LogP contribution in [0.5, 0.6) is 0 Å². The number of carbonyl (C=O) groups is 3. The van der Waals surface area contributed by atoms with E-state index in [1.807, 2.05) is 91.0 Å². The number of amides is 3. The van der Waals surface area contributed by atoms with E-state index >= 15 is 0 Å². The van der Waals surface area contributed by atoms with E-state index in [1.165, 1.54) is 11.1 Å². The molecule has 4 N–H and O–H groups in total. The van der Waals surface area contributed by atoms with E-state index in [-0.39, 0.29) is 13.1 Å². The van der Waals surface area contributed by atoms with Gasteiger partial charge in [0, 0.05) is 25.7 Å². The van der Waals surface area contributed by atoms with Gasteiger partial charge >= 0.3 is 17.9 Å². The van der Waals surface area contributed by atoms with Crippen molar-refractivity contribution < 1.29 is 19.5 Å². The fourth-order valence-corrected chi connectivity index (χ4v) is 4.89. The Balaban J connectivity index is 1.64. The fraction of sp³-hybridized carbons (Fsp3) is 0.250. The fourth-order valence-electron chi connectivity index (χ4n) is 4.89. The molecule has 0 bridgehead atoms. The maximum absolute atomic E-state index is 12.9. The zero-order chi connectivity index (χ0) is 30.3. The highest BCUT2D eigenvalue weighted by Crippen LogP contribution is 2.41. The Morgan fingerprint density at radius 1 is 0.810 bits per heavy atom. The first-order valence-corrected chi connectivity index (χ1v) is 13.6. The number of carboxylic acid groups (broad SMARTS) is 1. The Labute approximate surface area is 245 Å². The maximum Gasteiger partial charge on any atom is 0.407 e. The van der Waals surface area contributed by atoms with E-state index < -0.39 is 29.0 Å². The Hall–Kier alpha value is -5.12. The molecule has 0 unspecified atom stereocenters. The standard InChI is InChI=1S/C32H36N6O4/c1-31(2,3)38(30(41)42)21-20-33-28(39)29(40)35-26-22-34-37(4)27(26)36-32(23-14-8-5-9-15-23,24-16-10-6-11-17-24)25-18-12-7-13-19-25/h5-19,22,36H,20-21H2,1-4H3,(H,33,39)(H,35,40)(H,41,42). The summed E-state index contributed by atoms with van der Waals surface area (Å²) in [5, 5.41) is 22.7. The minimum absolute atomic E-state index is 0.0207.